The highest BCUT2D eigenvalue weighted by Gasteiger charge is 2.33. The molecule has 1 fully saturated rings. The molecular formula is C16H17ClF3N5O. The average Bonchev–Trinajstić information content (AvgIpc) is 2.98. The maximum Gasteiger partial charge on any atom is 0.417 e. The Bertz CT molecular complexity index is 815. The van der Waals surface area contributed by atoms with Crippen molar-refractivity contribution >= 4 is 23.2 Å². The highest BCUT2D eigenvalue weighted by Crippen LogP contribution is 2.36. The molecule has 0 aliphatic carbocycles. The molecule has 0 radical (unpaired) electrons. The van der Waals surface area contributed by atoms with Crippen LogP contribution < -0.4 is 10.6 Å². The molecule has 0 atom stereocenters. The molecule has 10 heteroatoms. The van der Waals surface area contributed by atoms with Crippen LogP contribution in [0.1, 0.15) is 40.6 Å². The molecule has 1 aliphatic rings. The number of nitrogens with one attached hydrogen (secondary N) is 2. The highest BCUT2D eigenvalue weighted by molar-refractivity contribution is 6.31. The SMILES string of the molecule is Cc1c(C(=O)Nc2ccc(Cl)c(C(F)(F)F)c2)nnn1C1CCNCC1. The Hall–Kier alpha value is -2.13. The molecule has 1 saturated heterocycles. The Balaban J connectivity index is 1.80. The van der Waals surface area contributed by atoms with Gasteiger partial charge >= 0.3 is 6.18 Å². The number of aromatic nitrogens is 3. The highest BCUT2D eigenvalue weighted by atomic mass is 35.5. The van der Waals surface area contributed by atoms with Gasteiger partial charge in [0, 0.05) is 5.69 Å². The van der Waals surface area contributed by atoms with E-state index < -0.39 is 22.7 Å². The molecule has 3 rings (SSSR count). The van der Waals surface area contributed by atoms with Crippen LogP contribution in [0.2, 0.25) is 5.02 Å². The van der Waals surface area contributed by atoms with Gasteiger partial charge in [0.25, 0.3) is 5.91 Å². The predicted molar refractivity (Wildman–Crippen MR) is 90.3 cm³/mol. The van der Waals surface area contributed by atoms with E-state index in [-0.39, 0.29) is 17.4 Å². The number of nitrogens with zero attached hydrogens (tertiary/aromatic N) is 3. The van der Waals surface area contributed by atoms with Crippen molar-refractivity contribution in [2.45, 2.75) is 32.0 Å². The van der Waals surface area contributed by atoms with E-state index in [1.54, 1.807) is 11.6 Å². The zero-order valence-corrected chi connectivity index (χ0v) is 14.7. The van der Waals surface area contributed by atoms with Crippen LogP contribution in [0.5, 0.6) is 0 Å². The van der Waals surface area contributed by atoms with Gasteiger partial charge in [-0.1, -0.05) is 16.8 Å². The lowest BCUT2D eigenvalue weighted by molar-refractivity contribution is -0.137. The molecule has 140 valence electrons. The fourth-order valence-electron chi connectivity index (χ4n) is 2.96. The minimum absolute atomic E-state index is 0.0115. The largest absolute Gasteiger partial charge is 0.417 e. The van der Waals surface area contributed by atoms with Gasteiger partial charge in [-0.25, -0.2) is 4.68 Å². The minimum atomic E-state index is -4.61. The van der Waals surface area contributed by atoms with Crippen molar-refractivity contribution in [1.82, 2.24) is 20.3 Å². The third-order valence-corrected chi connectivity index (χ3v) is 4.66. The third-order valence-electron chi connectivity index (χ3n) is 4.33. The fourth-order valence-corrected chi connectivity index (χ4v) is 3.18. The Morgan fingerprint density at radius 2 is 2.04 bits per heavy atom. The summed E-state index contributed by atoms with van der Waals surface area (Å²) in [5.74, 6) is -0.613. The molecule has 1 amide bonds. The first-order valence-electron chi connectivity index (χ1n) is 8.08. The zero-order valence-electron chi connectivity index (χ0n) is 13.9. The van der Waals surface area contributed by atoms with E-state index in [1.165, 1.54) is 6.07 Å². The maximum atomic E-state index is 12.9. The van der Waals surface area contributed by atoms with E-state index in [0.717, 1.165) is 38.1 Å². The van der Waals surface area contributed by atoms with Gasteiger partial charge in [0.15, 0.2) is 5.69 Å². The quantitative estimate of drug-likeness (QED) is 0.846. The van der Waals surface area contributed by atoms with E-state index in [9.17, 15) is 18.0 Å². The smallest absolute Gasteiger partial charge is 0.321 e. The first-order chi connectivity index (χ1) is 12.3. The molecule has 26 heavy (non-hydrogen) atoms. The third kappa shape index (κ3) is 3.83. The van der Waals surface area contributed by atoms with Crippen LogP contribution in [-0.4, -0.2) is 34.0 Å². The van der Waals surface area contributed by atoms with Gasteiger partial charge in [-0.3, -0.25) is 4.79 Å². The van der Waals surface area contributed by atoms with Crippen molar-refractivity contribution in [3.05, 3.63) is 40.2 Å². The molecule has 0 unspecified atom stereocenters. The van der Waals surface area contributed by atoms with E-state index in [1.807, 2.05) is 0 Å². The molecule has 6 nitrogen and oxygen atoms in total. The summed E-state index contributed by atoms with van der Waals surface area (Å²) in [6.45, 7) is 3.44. The van der Waals surface area contributed by atoms with Crippen molar-refractivity contribution in [2.75, 3.05) is 18.4 Å². The Labute approximate surface area is 152 Å². The topological polar surface area (TPSA) is 71.8 Å². The van der Waals surface area contributed by atoms with E-state index in [2.05, 4.69) is 20.9 Å². The van der Waals surface area contributed by atoms with Crippen LogP contribution in [0.15, 0.2) is 18.2 Å². The molecule has 2 heterocycles. The summed E-state index contributed by atoms with van der Waals surface area (Å²) in [6.07, 6.45) is -2.86. The van der Waals surface area contributed by atoms with Gasteiger partial charge in [-0.15, -0.1) is 5.10 Å². The normalized spacial score (nSPS) is 15.9. The first kappa shape index (κ1) is 18.7. The average molecular weight is 388 g/mol. The number of hydrogen-bond acceptors (Lipinski definition) is 4. The number of amides is 1. The van der Waals surface area contributed by atoms with E-state index >= 15 is 0 Å². The van der Waals surface area contributed by atoms with Crippen LogP contribution in [0.3, 0.4) is 0 Å². The summed E-state index contributed by atoms with van der Waals surface area (Å²) in [5, 5.41) is 13.2. The lowest BCUT2D eigenvalue weighted by atomic mass is 10.1. The number of carbonyl (C=O) groups is 1. The van der Waals surface area contributed by atoms with Crippen molar-refractivity contribution in [3.8, 4) is 0 Å². The zero-order chi connectivity index (χ0) is 18.9. The van der Waals surface area contributed by atoms with Gasteiger partial charge in [0.2, 0.25) is 0 Å². The number of hydrogen-bond donors (Lipinski definition) is 2. The van der Waals surface area contributed by atoms with Crippen molar-refractivity contribution in [1.29, 1.82) is 0 Å². The minimum Gasteiger partial charge on any atom is -0.321 e. The van der Waals surface area contributed by atoms with Crippen molar-refractivity contribution in [2.24, 2.45) is 0 Å². The van der Waals surface area contributed by atoms with Crippen molar-refractivity contribution in [3.63, 3.8) is 0 Å². The number of halogens is 4. The fraction of sp³-hybridized carbons (Fsp3) is 0.438. The second-order valence-corrected chi connectivity index (χ2v) is 6.50. The summed E-state index contributed by atoms with van der Waals surface area (Å²) in [5.41, 5.74) is -0.346. The van der Waals surface area contributed by atoms with E-state index in [4.69, 9.17) is 11.6 Å². The Morgan fingerprint density at radius 1 is 1.35 bits per heavy atom. The standard InChI is InChI=1S/C16H17ClF3N5O/c1-9-14(23-24-25(9)11-4-6-21-7-5-11)15(26)22-10-2-3-13(17)12(8-10)16(18,19)20/h2-3,8,11,21H,4-7H2,1H3,(H,22,26). The van der Waals surface area contributed by atoms with Gasteiger partial charge in [0.1, 0.15) is 0 Å². The summed E-state index contributed by atoms with van der Waals surface area (Å²) < 4.78 is 40.5. The van der Waals surface area contributed by atoms with Gasteiger partial charge in [0.05, 0.1) is 22.3 Å². The lowest BCUT2D eigenvalue weighted by Crippen LogP contribution is -2.30. The first-order valence-corrected chi connectivity index (χ1v) is 8.46. The number of benzene rings is 1. The second kappa shape index (κ2) is 7.24. The van der Waals surface area contributed by atoms with Crippen LogP contribution in [0.25, 0.3) is 0 Å². The second-order valence-electron chi connectivity index (χ2n) is 6.10. The Morgan fingerprint density at radius 3 is 2.69 bits per heavy atom. The number of rotatable bonds is 3. The Kier molecular flexibility index (Phi) is 5.19. The maximum absolute atomic E-state index is 12.9. The van der Waals surface area contributed by atoms with Gasteiger partial charge < -0.3 is 10.6 Å². The van der Waals surface area contributed by atoms with Crippen LogP contribution in [-0.2, 0) is 6.18 Å². The summed E-state index contributed by atoms with van der Waals surface area (Å²) in [4.78, 5) is 12.4. The van der Waals surface area contributed by atoms with Crippen LogP contribution >= 0.6 is 11.6 Å². The molecule has 0 bridgehead atoms. The number of anilines is 1. The molecule has 2 aromatic rings. The van der Waals surface area contributed by atoms with Crippen molar-refractivity contribution < 1.29 is 18.0 Å². The van der Waals surface area contributed by atoms with Crippen LogP contribution in [0.4, 0.5) is 18.9 Å². The van der Waals surface area contributed by atoms with Gasteiger partial charge in [-0.05, 0) is 51.1 Å². The predicted octanol–water partition coefficient (Wildman–Crippen LogP) is 3.44. The number of carbonyl (C=O) groups excluding carboxylic acids is 1. The summed E-state index contributed by atoms with van der Waals surface area (Å²) in [7, 11) is 0. The monoisotopic (exact) mass is 387 g/mol. The van der Waals surface area contributed by atoms with Crippen LogP contribution in [0, 0.1) is 6.92 Å². The molecule has 2 N–H and O–H groups in total. The summed E-state index contributed by atoms with van der Waals surface area (Å²) >= 11 is 5.59. The van der Waals surface area contributed by atoms with Gasteiger partial charge in [-0.2, -0.15) is 13.2 Å². The lowest BCUT2D eigenvalue weighted by Gasteiger charge is -2.23. The molecule has 0 spiro atoms. The summed E-state index contributed by atoms with van der Waals surface area (Å²) in [6, 6.07) is 3.35. The molecular weight excluding hydrogens is 371 g/mol. The molecule has 1 aromatic heterocycles. The number of alkyl halides is 3. The molecule has 0 saturated carbocycles. The molecule has 1 aromatic carbocycles. The van der Waals surface area contributed by atoms with E-state index in [0.29, 0.717) is 5.69 Å². The molecule has 1 aliphatic heterocycles. The number of piperidine rings is 1.